The molecule has 4 heteroatoms. The molecule has 0 aromatic heterocycles. The van der Waals surface area contributed by atoms with Crippen LogP contribution in [-0.4, -0.2) is 17.5 Å². The maximum absolute atomic E-state index is 11.9. The second-order valence-corrected chi connectivity index (χ2v) is 4.95. The van der Waals surface area contributed by atoms with E-state index in [1.165, 1.54) is 6.08 Å². The second kappa shape index (κ2) is 4.28. The molecule has 0 saturated carbocycles. The highest BCUT2D eigenvalue weighted by atomic mass is 16.4. The number of hydrogen-bond donors (Lipinski definition) is 0. The fourth-order valence-corrected chi connectivity index (χ4v) is 2.22. The van der Waals surface area contributed by atoms with E-state index in [2.05, 4.69) is 0 Å². The summed E-state index contributed by atoms with van der Waals surface area (Å²) in [4.78, 5) is 34.3. The van der Waals surface area contributed by atoms with Crippen LogP contribution in [-0.2, 0) is 14.4 Å². The molecule has 1 rings (SSSR count). The summed E-state index contributed by atoms with van der Waals surface area (Å²) in [7, 11) is 0. The van der Waals surface area contributed by atoms with E-state index in [0.717, 1.165) is 0 Å². The Labute approximate surface area is 100 Å². The highest BCUT2D eigenvalue weighted by Gasteiger charge is 2.34. The van der Waals surface area contributed by atoms with E-state index in [1.807, 2.05) is 0 Å². The predicted octanol–water partition coefficient (Wildman–Crippen LogP) is 0.567. The van der Waals surface area contributed by atoms with E-state index in [4.69, 9.17) is 0 Å². The van der Waals surface area contributed by atoms with Crippen molar-refractivity contribution >= 4 is 17.5 Å². The van der Waals surface area contributed by atoms with Gasteiger partial charge in [-0.1, -0.05) is 13.8 Å². The topological polar surface area (TPSA) is 74.3 Å². The van der Waals surface area contributed by atoms with Crippen LogP contribution in [0.5, 0.6) is 0 Å². The van der Waals surface area contributed by atoms with Crippen LogP contribution >= 0.6 is 0 Å². The summed E-state index contributed by atoms with van der Waals surface area (Å²) in [6.45, 7) is 6.39. The molecule has 0 bridgehead atoms. The third-order valence-electron chi connectivity index (χ3n) is 2.93. The number of ketones is 2. The lowest BCUT2D eigenvalue weighted by molar-refractivity contribution is -0.307. The summed E-state index contributed by atoms with van der Waals surface area (Å²) in [6, 6.07) is 0. The van der Waals surface area contributed by atoms with Crippen LogP contribution in [0.3, 0.4) is 0 Å². The van der Waals surface area contributed by atoms with Gasteiger partial charge in [0.2, 0.25) is 0 Å². The number of carbonyl (C=O) groups is 3. The number of allylic oxidation sites excluding steroid dienone is 4. The van der Waals surface area contributed by atoms with Gasteiger partial charge in [0.15, 0.2) is 11.6 Å². The predicted molar refractivity (Wildman–Crippen MR) is 59.9 cm³/mol. The minimum Gasteiger partial charge on any atom is -0.550 e. The zero-order valence-corrected chi connectivity index (χ0v) is 10.4. The van der Waals surface area contributed by atoms with Crippen molar-refractivity contribution in [2.75, 3.05) is 0 Å². The van der Waals surface area contributed by atoms with Gasteiger partial charge < -0.3 is 9.90 Å². The van der Waals surface area contributed by atoms with Crippen molar-refractivity contribution in [2.24, 2.45) is 5.41 Å². The van der Waals surface area contributed by atoms with Gasteiger partial charge in [0.05, 0.1) is 0 Å². The van der Waals surface area contributed by atoms with E-state index in [9.17, 15) is 19.5 Å². The molecule has 0 atom stereocenters. The van der Waals surface area contributed by atoms with Crippen molar-refractivity contribution in [2.45, 2.75) is 34.1 Å². The molecule has 0 N–H and O–H groups in total. The maximum Gasteiger partial charge on any atom is 0.184 e. The van der Waals surface area contributed by atoms with Crippen molar-refractivity contribution in [3.63, 3.8) is 0 Å². The molecule has 0 fully saturated rings. The summed E-state index contributed by atoms with van der Waals surface area (Å²) in [6.07, 6.45) is 0.979. The molecule has 0 heterocycles. The average molecular weight is 235 g/mol. The molecule has 0 aromatic rings. The third kappa shape index (κ3) is 2.52. The minimum absolute atomic E-state index is 0.203. The first-order valence-corrected chi connectivity index (χ1v) is 5.35. The van der Waals surface area contributed by atoms with Gasteiger partial charge in [0, 0.05) is 22.7 Å². The molecule has 0 aliphatic heterocycles. The Bertz CT molecular complexity index is 464. The van der Waals surface area contributed by atoms with Crippen molar-refractivity contribution in [1.29, 1.82) is 0 Å². The molecule has 0 aromatic carbocycles. The first-order chi connectivity index (χ1) is 7.66. The van der Waals surface area contributed by atoms with E-state index in [0.29, 0.717) is 11.1 Å². The molecular weight excluding hydrogens is 220 g/mol. The van der Waals surface area contributed by atoms with Crippen LogP contribution in [0, 0.1) is 5.41 Å². The van der Waals surface area contributed by atoms with E-state index in [-0.39, 0.29) is 23.6 Å². The van der Waals surface area contributed by atoms with Gasteiger partial charge in [0.1, 0.15) is 0 Å². The van der Waals surface area contributed by atoms with Gasteiger partial charge >= 0.3 is 0 Å². The van der Waals surface area contributed by atoms with Crippen LogP contribution < -0.4 is 5.11 Å². The smallest absolute Gasteiger partial charge is 0.184 e. The number of carbonyl (C=O) groups excluding carboxylic acids is 3. The standard InChI is InChI=1S/C13H16O4/c1-7-5-9(14)11(8(2)12(7)17)13(3,4)6-10(15)16/h5H,6H2,1-4H3,(H,15,16)/p-1. The number of rotatable bonds is 3. The van der Waals surface area contributed by atoms with Crippen LogP contribution in [0.1, 0.15) is 34.1 Å². The molecular formula is C13H15O4-. The lowest BCUT2D eigenvalue weighted by Crippen LogP contribution is -2.34. The molecule has 0 radical (unpaired) electrons. The van der Waals surface area contributed by atoms with Crippen molar-refractivity contribution in [1.82, 2.24) is 0 Å². The third-order valence-corrected chi connectivity index (χ3v) is 2.93. The maximum atomic E-state index is 11.9. The van der Waals surface area contributed by atoms with E-state index >= 15 is 0 Å². The summed E-state index contributed by atoms with van der Waals surface area (Å²) in [5.41, 5.74) is 0.103. The van der Waals surface area contributed by atoms with Gasteiger partial charge in [-0.3, -0.25) is 9.59 Å². The number of Topliss-reactive ketones (excluding diaryl/α,β-unsaturated/α-hetero) is 1. The molecule has 0 unspecified atom stereocenters. The summed E-state index contributed by atoms with van der Waals surface area (Å²) >= 11 is 0. The highest BCUT2D eigenvalue weighted by molar-refractivity contribution is 6.22. The first kappa shape index (κ1) is 13.4. The fraction of sp³-hybridized carbons (Fsp3) is 0.462. The summed E-state index contributed by atoms with van der Waals surface area (Å²) < 4.78 is 0. The van der Waals surface area contributed by atoms with Crippen molar-refractivity contribution in [3.8, 4) is 0 Å². The quantitative estimate of drug-likeness (QED) is 0.670. The molecule has 92 valence electrons. The number of carboxylic acid groups (broad SMARTS) is 1. The van der Waals surface area contributed by atoms with Gasteiger partial charge in [-0.15, -0.1) is 0 Å². The normalized spacial score (nSPS) is 17.3. The van der Waals surface area contributed by atoms with Gasteiger partial charge in [-0.05, 0) is 31.8 Å². The Morgan fingerprint density at radius 2 is 1.82 bits per heavy atom. The Morgan fingerprint density at radius 3 is 2.29 bits per heavy atom. The molecule has 17 heavy (non-hydrogen) atoms. The van der Waals surface area contributed by atoms with E-state index in [1.54, 1.807) is 27.7 Å². The minimum atomic E-state index is -1.23. The zero-order valence-electron chi connectivity index (χ0n) is 10.4. The van der Waals surface area contributed by atoms with E-state index < -0.39 is 11.4 Å². The summed E-state index contributed by atoms with van der Waals surface area (Å²) in [5, 5.41) is 10.7. The number of carboxylic acids is 1. The first-order valence-electron chi connectivity index (χ1n) is 5.35. The Hall–Kier alpha value is -1.71. The second-order valence-electron chi connectivity index (χ2n) is 4.95. The SMILES string of the molecule is CC1=CC(=O)C(C(C)(C)CC(=O)[O-])=C(C)C1=O. The lowest BCUT2D eigenvalue weighted by atomic mass is 9.73. The number of aliphatic carboxylic acids is 1. The van der Waals surface area contributed by atoms with Crippen LogP contribution in [0.2, 0.25) is 0 Å². The van der Waals surface area contributed by atoms with Gasteiger partial charge in [-0.25, -0.2) is 0 Å². The molecule has 1 aliphatic carbocycles. The largest absolute Gasteiger partial charge is 0.550 e. The molecule has 1 aliphatic rings. The number of hydrogen-bond acceptors (Lipinski definition) is 4. The Kier molecular flexibility index (Phi) is 3.36. The monoisotopic (exact) mass is 235 g/mol. The Balaban J connectivity index is 3.25. The van der Waals surface area contributed by atoms with Crippen molar-refractivity contribution in [3.05, 3.63) is 22.8 Å². The average Bonchev–Trinajstić information content (AvgIpc) is 2.11. The van der Waals surface area contributed by atoms with Crippen LogP contribution in [0.15, 0.2) is 22.8 Å². The highest BCUT2D eigenvalue weighted by Crippen LogP contribution is 2.36. The van der Waals surface area contributed by atoms with Crippen LogP contribution in [0.4, 0.5) is 0 Å². The molecule has 0 saturated heterocycles. The summed E-state index contributed by atoms with van der Waals surface area (Å²) in [5.74, 6) is -1.72. The van der Waals surface area contributed by atoms with Gasteiger partial charge in [-0.2, -0.15) is 0 Å². The fourth-order valence-electron chi connectivity index (χ4n) is 2.22. The molecule has 4 nitrogen and oxygen atoms in total. The van der Waals surface area contributed by atoms with Crippen LogP contribution in [0.25, 0.3) is 0 Å². The van der Waals surface area contributed by atoms with Crippen molar-refractivity contribution < 1.29 is 19.5 Å². The Morgan fingerprint density at radius 1 is 1.29 bits per heavy atom. The lowest BCUT2D eigenvalue weighted by Gasteiger charge is -2.30. The zero-order chi connectivity index (χ0) is 13.4. The van der Waals surface area contributed by atoms with Gasteiger partial charge in [0.25, 0.3) is 0 Å². The molecule has 0 spiro atoms. The molecule has 0 amide bonds.